The van der Waals surface area contributed by atoms with Gasteiger partial charge in [0, 0.05) is 31.1 Å². The smallest absolute Gasteiger partial charge is 0.254 e. The van der Waals surface area contributed by atoms with Gasteiger partial charge in [0.05, 0.1) is 12.2 Å². The standard InChI is InChI=1S/C22H23N3O4/c1-14-6-4-7-15(2)21(14)23-18(26)13-24(3)22(29)16-8-5-9-17(12-16)25-19(27)10-11-20(25)28/h4-9,12H,10-11,13H2,1-3H3,(H,23,26). The molecule has 7 nitrogen and oxygen atoms in total. The molecule has 0 bridgehead atoms. The molecule has 1 fully saturated rings. The summed E-state index contributed by atoms with van der Waals surface area (Å²) in [4.78, 5) is 51.4. The lowest BCUT2D eigenvalue weighted by Gasteiger charge is -2.19. The maximum absolute atomic E-state index is 12.8. The van der Waals surface area contributed by atoms with Crippen LogP contribution in [0.25, 0.3) is 0 Å². The van der Waals surface area contributed by atoms with Gasteiger partial charge in [-0.1, -0.05) is 24.3 Å². The largest absolute Gasteiger partial charge is 0.332 e. The highest BCUT2D eigenvalue weighted by Gasteiger charge is 2.30. The molecule has 1 heterocycles. The van der Waals surface area contributed by atoms with Gasteiger partial charge in [0.2, 0.25) is 17.7 Å². The maximum atomic E-state index is 12.8. The highest BCUT2D eigenvalue weighted by Crippen LogP contribution is 2.24. The number of likely N-dealkylation sites (N-methyl/N-ethyl adjacent to an activating group) is 1. The normalized spacial score (nSPS) is 13.6. The van der Waals surface area contributed by atoms with E-state index in [9.17, 15) is 19.2 Å². The van der Waals surface area contributed by atoms with E-state index in [0.29, 0.717) is 11.3 Å². The van der Waals surface area contributed by atoms with E-state index in [0.717, 1.165) is 21.7 Å². The fourth-order valence-electron chi connectivity index (χ4n) is 3.34. The average Bonchev–Trinajstić information content (AvgIpc) is 3.02. The van der Waals surface area contributed by atoms with Crippen LogP contribution >= 0.6 is 0 Å². The maximum Gasteiger partial charge on any atom is 0.254 e. The first kappa shape index (κ1) is 20.3. The number of hydrogen-bond acceptors (Lipinski definition) is 4. The number of para-hydroxylation sites is 1. The van der Waals surface area contributed by atoms with Crippen LogP contribution in [0.4, 0.5) is 11.4 Å². The first-order valence-corrected chi connectivity index (χ1v) is 9.35. The zero-order valence-electron chi connectivity index (χ0n) is 16.7. The van der Waals surface area contributed by atoms with Gasteiger partial charge < -0.3 is 10.2 Å². The van der Waals surface area contributed by atoms with Crippen LogP contribution in [-0.4, -0.2) is 42.1 Å². The number of carbonyl (C=O) groups is 4. The van der Waals surface area contributed by atoms with Gasteiger partial charge in [-0.25, -0.2) is 0 Å². The second-order valence-electron chi connectivity index (χ2n) is 7.15. The molecule has 3 rings (SSSR count). The predicted molar refractivity (Wildman–Crippen MR) is 110 cm³/mol. The molecule has 150 valence electrons. The van der Waals surface area contributed by atoms with Crippen LogP contribution in [0.2, 0.25) is 0 Å². The molecular weight excluding hydrogens is 370 g/mol. The molecule has 29 heavy (non-hydrogen) atoms. The van der Waals surface area contributed by atoms with Crippen molar-refractivity contribution in [1.29, 1.82) is 0 Å². The fourth-order valence-corrected chi connectivity index (χ4v) is 3.34. The van der Waals surface area contributed by atoms with Gasteiger partial charge in [-0.05, 0) is 43.2 Å². The van der Waals surface area contributed by atoms with Gasteiger partial charge in [-0.15, -0.1) is 0 Å². The Kier molecular flexibility index (Phi) is 5.77. The van der Waals surface area contributed by atoms with Gasteiger partial charge in [-0.2, -0.15) is 0 Å². The lowest BCUT2D eigenvalue weighted by Crippen LogP contribution is -2.35. The van der Waals surface area contributed by atoms with E-state index >= 15 is 0 Å². The van der Waals surface area contributed by atoms with E-state index in [-0.39, 0.29) is 43.0 Å². The van der Waals surface area contributed by atoms with E-state index < -0.39 is 0 Å². The number of nitrogens with zero attached hydrogens (tertiary/aromatic N) is 2. The summed E-state index contributed by atoms with van der Waals surface area (Å²) in [5, 5.41) is 2.85. The topological polar surface area (TPSA) is 86.8 Å². The number of hydrogen-bond donors (Lipinski definition) is 1. The minimum Gasteiger partial charge on any atom is -0.332 e. The monoisotopic (exact) mass is 393 g/mol. The van der Waals surface area contributed by atoms with Crippen molar-refractivity contribution in [2.75, 3.05) is 23.8 Å². The number of amides is 4. The summed E-state index contributed by atoms with van der Waals surface area (Å²) < 4.78 is 0. The van der Waals surface area contributed by atoms with Gasteiger partial charge >= 0.3 is 0 Å². The molecule has 0 atom stereocenters. The van der Waals surface area contributed by atoms with Crippen LogP contribution in [0.1, 0.15) is 34.3 Å². The first-order chi connectivity index (χ1) is 13.8. The number of rotatable bonds is 5. The molecule has 0 spiro atoms. The van der Waals surface area contributed by atoms with Crippen LogP contribution in [-0.2, 0) is 14.4 Å². The van der Waals surface area contributed by atoms with E-state index in [2.05, 4.69) is 5.32 Å². The van der Waals surface area contributed by atoms with Crippen LogP contribution in [0.3, 0.4) is 0 Å². The van der Waals surface area contributed by atoms with Crippen molar-refractivity contribution < 1.29 is 19.2 Å². The zero-order valence-corrected chi connectivity index (χ0v) is 16.7. The molecular formula is C22H23N3O4. The molecule has 2 aromatic rings. The number of carbonyl (C=O) groups excluding carboxylic acids is 4. The van der Waals surface area contributed by atoms with Crippen LogP contribution < -0.4 is 10.2 Å². The molecule has 2 aromatic carbocycles. The number of imide groups is 1. The summed E-state index contributed by atoms with van der Waals surface area (Å²) in [5.74, 6) is -1.23. The molecule has 0 radical (unpaired) electrons. The van der Waals surface area contributed by atoms with E-state index in [1.807, 2.05) is 32.0 Å². The van der Waals surface area contributed by atoms with E-state index in [1.54, 1.807) is 18.2 Å². The highest BCUT2D eigenvalue weighted by atomic mass is 16.2. The second-order valence-corrected chi connectivity index (χ2v) is 7.15. The average molecular weight is 393 g/mol. The number of aryl methyl sites for hydroxylation is 2. The minimum atomic E-state index is -0.373. The Balaban J connectivity index is 1.70. The van der Waals surface area contributed by atoms with Gasteiger partial charge in [-0.3, -0.25) is 24.1 Å². The van der Waals surface area contributed by atoms with Crippen LogP contribution in [0.15, 0.2) is 42.5 Å². The minimum absolute atomic E-state index is 0.127. The summed E-state index contributed by atoms with van der Waals surface area (Å²) in [6.45, 7) is 3.69. The molecule has 0 aromatic heterocycles. The molecule has 4 amide bonds. The van der Waals surface area contributed by atoms with Crippen molar-refractivity contribution in [2.45, 2.75) is 26.7 Å². The van der Waals surface area contributed by atoms with Gasteiger partial charge in [0.15, 0.2) is 0 Å². The molecule has 0 aliphatic carbocycles. The van der Waals surface area contributed by atoms with Crippen molar-refractivity contribution in [3.8, 4) is 0 Å². The fraction of sp³-hybridized carbons (Fsp3) is 0.273. The third-order valence-corrected chi connectivity index (χ3v) is 4.88. The summed E-state index contributed by atoms with van der Waals surface area (Å²) in [6.07, 6.45) is 0.352. The second kappa shape index (κ2) is 8.26. The Morgan fingerprint density at radius 1 is 1.00 bits per heavy atom. The van der Waals surface area contributed by atoms with Crippen molar-refractivity contribution >= 4 is 35.0 Å². The molecule has 1 saturated heterocycles. The Morgan fingerprint density at radius 2 is 1.59 bits per heavy atom. The van der Waals surface area contributed by atoms with Gasteiger partial charge in [0.25, 0.3) is 5.91 Å². The predicted octanol–water partition coefficient (Wildman–Crippen LogP) is 2.67. The molecule has 0 saturated carbocycles. The Hall–Kier alpha value is -3.48. The summed E-state index contributed by atoms with van der Waals surface area (Å²) >= 11 is 0. The van der Waals surface area contributed by atoms with Crippen LogP contribution in [0.5, 0.6) is 0 Å². The Labute approximate surface area is 169 Å². The van der Waals surface area contributed by atoms with Crippen LogP contribution in [0, 0.1) is 13.8 Å². The summed E-state index contributed by atoms with van der Waals surface area (Å²) in [6, 6.07) is 12.1. The summed E-state index contributed by atoms with van der Waals surface area (Å²) in [5.41, 5.74) is 3.31. The molecule has 1 N–H and O–H groups in total. The van der Waals surface area contributed by atoms with Gasteiger partial charge in [0.1, 0.15) is 0 Å². The Morgan fingerprint density at radius 3 is 2.21 bits per heavy atom. The third kappa shape index (κ3) is 4.34. The zero-order chi connectivity index (χ0) is 21.1. The highest BCUT2D eigenvalue weighted by molar-refractivity contribution is 6.20. The molecule has 1 aliphatic rings. The van der Waals surface area contributed by atoms with Crippen molar-refractivity contribution in [1.82, 2.24) is 4.90 Å². The first-order valence-electron chi connectivity index (χ1n) is 9.35. The molecule has 0 unspecified atom stereocenters. The van der Waals surface area contributed by atoms with E-state index in [1.165, 1.54) is 18.0 Å². The lowest BCUT2D eigenvalue weighted by molar-refractivity contribution is -0.121. The molecule has 1 aliphatic heterocycles. The Bertz CT molecular complexity index is 963. The number of benzene rings is 2. The van der Waals surface area contributed by atoms with E-state index in [4.69, 9.17) is 0 Å². The number of nitrogens with one attached hydrogen (secondary N) is 1. The van der Waals surface area contributed by atoms with Crippen molar-refractivity contribution in [3.05, 3.63) is 59.2 Å². The molecule has 7 heteroatoms. The quantitative estimate of drug-likeness (QED) is 0.792. The van der Waals surface area contributed by atoms with Crippen molar-refractivity contribution in [2.24, 2.45) is 0 Å². The summed E-state index contributed by atoms with van der Waals surface area (Å²) in [7, 11) is 1.53. The third-order valence-electron chi connectivity index (χ3n) is 4.88. The lowest BCUT2D eigenvalue weighted by atomic mass is 10.1. The SMILES string of the molecule is Cc1cccc(C)c1NC(=O)CN(C)C(=O)c1cccc(N2C(=O)CCC2=O)c1. The van der Waals surface area contributed by atoms with Crippen molar-refractivity contribution in [3.63, 3.8) is 0 Å². The number of anilines is 2.